The molecule has 1 atom stereocenters. The van der Waals surface area contributed by atoms with Gasteiger partial charge in [-0.1, -0.05) is 19.9 Å². The summed E-state index contributed by atoms with van der Waals surface area (Å²) in [7, 11) is -2.44. The number of nitrogens with one attached hydrogen (secondary N) is 1. The SMILES string of the molecule is COc1cc(C(C)NC(=O)c2ccc(F)c(S(=O)(=O)N3CCCC3)c2)ccc1OCC(C)C. The van der Waals surface area contributed by atoms with Gasteiger partial charge in [-0.15, -0.1) is 0 Å². The molecule has 9 heteroatoms. The van der Waals surface area contributed by atoms with Crippen molar-refractivity contribution in [2.24, 2.45) is 5.92 Å². The summed E-state index contributed by atoms with van der Waals surface area (Å²) < 4.78 is 52.4. The third kappa shape index (κ3) is 5.83. The normalized spacial score (nSPS) is 15.5. The first-order valence-electron chi connectivity index (χ1n) is 11.0. The molecular formula is C24H31FN2O5S. The number of sulfonamides is 1. The van der Waals surface area contributed by atoms with Crippen molar-refractivity contribution in [3.63, 3.8) is 0 Å². The van der Waals surface area contributed by atoms with Crippen LogP contribution in [0.5, 0.6) is 11.5 Å². The third-order valence-electron chi connectivity index (χ3n) is 5.48. The van der Waals surface area contributed by atoms with Gasteiger partial charge in [0.05, 0.1) is 19.8 Å². The van der Waals surface area contributed by atoms with E-state index in [1.807, 2.05) is 6.07 Å². The van der Waals surface area contributed by atoms with E-state index in [0.29, 0.717) is 37.1 Å². The highest BCUT2D eigenvalue weighted by Gasteiger charge is 2.30. The maximum atomic E-state index is 14.4. The summed E-state index contributed by atoms with van der Waals surface area (Å²) in [6.45, 7) is 7.16. The van der Waals surface area contributed by atoms with Crippen LogP contribution in [0.2, 0.25) is 0 Å². The predicted octanol–water partition coefficient (Wildman–Crippen LogP) is 4.14. The lowest BCUT2D eigenvalue weighted by molar-refractivity contribution is 0.0939. The number of rotatable bonds is 9. The monoisotopic (exact) mass is 478 g/mol. The lowest BCUT2D eigenvalue weighted by Gasteiger charge is -2.19. The van der Waals surface area contributed by atoms with Crippen molar-refractivity contribution in [1.29, 1.82) is 0 Å². The summed E-state index contributed by atoms with van der Waals surface area (Å²) in [5.74, 6) is 0.161. The van der Waals surface area contributed by atoms with Gasteiger partial charge in [0.15, 0.2) is 11.5 Å². The van der Waals surface area contributed by atoms with Crippen molar-refractivity contribution in [2.75, 3.05) is 26.8 Å². The third-order valence-corrected chi connectivity index (χ3v) is 7.40. The molecule has 0 saturated carbocycles. The van der Waals surface area contributed by atoms with E-state index in [1.54, 1.807) is 26.2 Å². The molecule has 2 aromatic carbocycles. The van der Waals surface area contributed by atoms with E-state index >= 15 is 0 Å². The second-order valence-corrected chi connectivity index (χ2v) is 10.5. The summed E-state index contributed by atoms with van der Waals surface area (Å²) >= 11 is 0. The number of nitrogens with zero attached hydrogens (tertiary/aromatic N) is 1. The standard InChI is InChI=1S/C24H31FN2O5S/c1-16(2)15-32-21-10-8-18(13-22(21)31-4)17(3)26-24(28)19-7-9-20(25)23(14-19)33(29,30)27-11-5-6-12-27/h7-10,13-14,16-17H,5-6,11-12,15H2,1-4H3,(H,26,28). The smallest absolute Gasteiger partial charge is 0.251 e. The first-order valence-corrected chi connectivity index (χ1v) is 12.5. The minimum atomic E-state index is -3.98. The number of amides is 1. The lowest BCUT2D eigenvalue weighted by atomic mass is 10.1. The van der Waals surface area contributed by atoms with Crippen LogP contribution in [0.15, 0.2) is 41.3 Å². The summed E-state index contributed by atoms with van der Waals surface area (Å²) in [5, 5.41) is 2.83. The van der Waals surface area contributed by atoms with Crippen molar-refractivity contribution in [3.05, 3.63) is 53.3 Å². The molecule has 0 bridgehead atoms. The summed E-state index contributed by atoms with van der Waals surface area (Å²) in [5.41, 5.74) is 0.856. The van der Waals surface area contributed by atoms with Gasteiger partial charge >= 0.3 is 0 Å². The molecule has 1 aliphatic heterocycles. The zero-order valence-corrected chi connectivity index (χ0v) is 20.2. The Bertz CT molecular complexity index is 1100. The number of benzene rings is 2. The predicted molar refractivity (Wildman–Crippen MR) is 124 cm³/mol. The number of carbonyl (C=O) groups is 1. The molecule has 1 aliphatic rings. The fourth-order valence-corrected chi connectivity index (χ4v) is 5.21. The van der Waals surface area contributed by atoms with Crippen LogP contribution in [-0.4, -0.2) is 45.4 Å². The number of methoxy groups -OCH3 is 1. The summed E-state index contributed by atoms with van der Waals surface area (Å²) in [4.78, 5) is 12.4. The van der Waals surface area contributed by atoms with E-state index in [4.69, 9.17) is 9.47 Å². The van der Waals surface area contributed by atoms with Crippen molar-refractivity contribution in [1.82, 2.24) is 9.62 Å². The average Bonchev–Trinajstić information content (AvgIpc) is 3.33. The van der Waals surface area contributed by atoms with E-state index < -0.39 is 32.7 Å². The molecule has 1 amide bonds. The molecule has 0 aromatic heterocycles. The van der Waals surface area contributed by atoms with Gasteiger partial charge in [-0.05, 0) is 61.6 Å². The topological polar surface area (TPSA) is 84.9 Å². The minimum absolute atomic E-state index is 0.0740. The fourth-order valence-electron chi connectivity index (χ4n) is 3.60. The highest BCUT2D eigenvalue weighted by molar-refractivity contribution is 7.89. The largest absolute Gasteiger partial charge is 0.493 e. The molecule has 33 heavy (non-hydrogen) atoms. The number of halogens is 1. The van der Waals surface area contributed by atoms with Crippen LogP contribution in [0.25, 0.3) is 0 Å². The van der Waals surface area contributed by atoms with Gasteiger partial charge in [-0.25, -0.2) is 12.8 Å². The van der Waals surface area contributed by atoms with Crippen molar-refractivity contribution in [3.8, 4) is 11.5 Å². The zero-order valence-electron chi connectivity index (χ0n) is 19.4. The first kappa shape index (κ1) is 25.0. The molecule has 0 spiro atoms. The Morgan fingerprint density at radius 1 is 1.09 bits per heavy atom. The maximum Gasteiger partial charge on any atom is 0.251 e. The molecular weight excluding hydrogens is 447 g/mol. The summed E-state index contributed by atoms with van der Waals surface area (Å²) in [6.07, 6.45) is 1.48. The molecule has 1 unspecified atom stereocenters. The molecule has 1 N–H and O–H groups in total. The molecule has 0 aliphatic carbocycles. The molecule has 1 fully saturated rings. The Labute approximate surface area is 194 Å². The van der Waals surface area contributed by atoms with Crippen LogP contribution in [0, 0.1) is 11.7 Å². The Hall–Kier alpha value is -2.65. The van der Waals surface area contributed by atoms with Crippen LogP contribution in [0.1, 0.15) is 55.6 Å². The number of carbonyl (C=O) groups excluding carboxylic acids is 1. The van der Waals surface area contributed by atoms with Crippen molar-refractivity contribution < 1.29 is 27.1 Å². The van der Waals surface area contributed by atoms with Crippen LogP contribution < -0.4 is 14.8 Å². The molecule has 2 aromatic rings. The second kappa shape index (κ2) is 10.5. The van der Waals surface area contributed by atoms with Crippen LogP contribution in [0.3, 0.4) is 0 Å². The zero-order chi connectivity index (χ0) is 24.2. The highest BCUT2D eigenvalue weighted by atomic mass is 32.2. The number of ether oxygens (including phenoxy) is 2. The van der Waals surface area contributed by atoms with Crippen LogP contribution >= 0.6 is 0 Å². The van der Waals surface area contributed by atoms with Gasteiger partial charge in [0.25, 0.3) is 5.91 Å². The van der Waals surface area contributed by atoms with E-state index in [-0.39, 0.29) is 5.56 Å². The number of hydrogen-bond donors (Lipinski definition) is 1. The van der Waals surface area contributed by atoms with Crippen molar-refractivity contribution >= 4 is 15.9 Å². The molecule has 1 heterocycles. The van der Waals surface area contributed by atoms with E-state index in [2.05, 4.69) is 19.2 Å². The molecule has 3 rings (SSSR count). The molecule has 1 saturated heterocycles. The van der Waals surface area contributed by atoms with E-state index in [0.717, 1.165) is 30.5 Å². The lowest BCUT2D eigenvalue weighted by Crippen LogP contribution is -2.30. The van der Waals surface area contributed by atoms with Gasteiger partial charge in [0.1, 0.15) is 10.7 Å². The van der Waals surface area contributed by atoms with Crippen LogP contribution in [-0.2, 0) is 10.0 Å². The quantitative estimate of drug-likeness (QED) is 0.585. The molecule has 0 radical (unpaired) electrons. The molecule has 180 valence electrons. The minimum Gasteiger partial charge on any atom is -0.493 e. The van der Waals surface area contributed by atoms with E-state index in [9.17, 15) is 17.6 Å². The van der Waals surface area contributed by atoms with Gasteiger partial charge in [-0.2, -0.15) is 4.31 Å². The number of hydrogen-bond acceptors (Lipinski definition) is 5. The van der Waals surface area contributed by atoms with Crippen molar-refractivity contribution in [2.45, 2.75) is 44.6 Å². The van der Waals surface area contributed by atoms with E-state index in [1.165, 1.54) is 10.4 Å². The Morgan fingerprint density at radius 3 is 2.42 bits per heavy atom. The first-order chi connectivity index (χ1) is 15.6. The second-order valence-electron chi connectivity index (χ2n) is 8.57. The highest BCUT2D eigenvalue weighted by Crippen LogP contribution is 2.31. The van der Waals surface area contributed by atoms with Gasteiger partial charge in [0.2, 0.25) is 10.0 Å². The van der Waals surface area contributed by atoms with Crippen LogP contribution in [0.4, 0.5) is 4.39 Å². The molecule has 7 nitrogen and oxygen atoms in total. The van der Waals surface area contributed by atoms with Gasteiger partial charge in [-0.3, -0.25) is 4.79 Å². The Balaban J connectivity index is 1.77. The summed E-state index contributed by atoms with van der Waals surface area (Å²) in [6, 6.07) is 8.41. The average molecular weight is 479 g/mol. The Morgan fingerprint density at radius 2 is 1.79 bits per heavy atom. The Kier molecular flexibility index (Phi) is 7.97. The fraction of sp³-hybridized carbons (Fsp3) is 0.458. The maximum absolute atomic E-state index is 14.4. The van der Waals surface area contributed by atoms with Gasteiger partial charge in [0, 0.05) is 18.7 Å². The van der Waals surface area contributed by atoms with Gasteiger partial charge < -0.3 is 14.8 Å².